The highest BCUT2D eigenvalue weighted by Gasteiger charge is 2.32. The van der Waals surface area contributed by atoms with E-state index in [1.165, 1.54) is 5.82 Å². The van der Waals surface area contributed by atoms with Crippen molar-refractivity contribution in [2.45, 2.75) is 58.4 Å². The Labute approximate surface area is 176 Å². The second-order valence-corrected chi connectivity index (χ2v) is 8.16. The van der Waals surface area contributed by atoms with Gasteiger partial charge < -0.3 is 19.9 Å². The molecule has 2 aliphatic rings. The molecule has 0 unspecified atom stereocenters. The molecule has 2 aliphatic heterocycles. The zero-order chi connectivity index (χ0) is 21.1. The van der Waals surface area contributed by atoms with Crippen molar-refractivity contribution in [3.05, 3.63) is 35.8 Å². The molecule has 0 spiro atoms. The van der Waals surface area contributed by atoms with Gasteiger partial charge in [0.15, 0.2) is 0 Å². The number of nitrogens with one attached hydrogen (secondary N) is 1. The average Bonchev–Trinajstić information content (AvgIpc) is 2.71. The number of hydrogen-bond donors (Lipinski definition) is 1. The van der Waals surface area contributed by atoms with E-state index < -0.39 is 0 Å². The van der Waals surface area contributed by atoms with Gasteiger partial charge in [0, 0.05) is 56.3 Å². The van der Waals surface area contributed by atoms with Crippen LogP contribution < -0.4 is 5.32 Å². The summed E-state index contributed by atoms with van der Waals surface area (Å²) in [5, 5.41) is 3.70. The third kappa shape index (κ3) is 7.62. The minimum Gasteiger partial charge on any atom is -0.382 e. The van der Waals surface area contributed by atoms with Gasteiger partial charge in [0.1, 0.15) is 5.78 Å². The molecule has 29 heavy (non-hydrogen) atoms. The van der Waals surface area contributed by atoms with Gasteiger partial charge in [-0.25, -0.2) is 0 Å². The summed E-state index contributed by atoms with van der Waals surface area (Å²) >= 11 is 0. The second-order valence-electron chi connectivity index (χ2n) is 8.16. The maximum Gasteiger partial charge on any atom is 0.133 e. The third-order valence-electron chi connectivity index (χ3n) is 5.54. The van der Waals surface area contributed by atoms with Crippen molar-refractivity contribution in [1.82, 2.24) is 15.1 Å². The van der Waals surface area contributed by atoms with Crippen molar-refractivity contribution in [1.29, 1.82) is 0 Å². The van der Waals surface area contributed by atoms with Gasteiger partial charge in [-0.1, -0.05) is 25.0 Å². The Kier molecular flexibility index (Phi) is 9.34. The summed E-state index contributed by atoms with van der Waals surface area (Å²) in [6.45, 7) is 11.7. The predicted molar refractivity (Wildman–Crippen MR) is 119 cm³/mol. The number of hydrogen-bond acceptors (Lipinski definition) is 5. The van der Waals surface area contributed by atoms with E-state index in [2.05, 4.69) is 41.0 Å². The van der Waals surface area contributed by atoms with Crippen molar-refractivity contribution >= 4 is 5.78 Å². The third-order valence-corrected chi connectivity index (χ3v) is 5.54. The Morgan fingerprint density at radius 2 is 1.76 bits per heavy atom. The van der Waals surface area contributed by atoms with E-state index in [0.29, 0.717) is 6.42 Å². The van der Waals surface area contributed by atoms with E-state index in [4.69, 9.17) is 11.2 Å². The number of carbonyl (C=O) groups is 1. The van der Waals surface area contributed by atoms with Crippen molar-refractivity contribution in [2.24, 2.45) is 0 Å². The van der Waals surface area contributed by atoms with E-state index in [9.17, 15) is 4.79 Å². The molecule has 2 fully saturated rings. The van der Waals surface area contributed by atoms with Crippen LogP contribution in [0.2, 0.25) is 0 Å². The molecule has 160 valence electrons. The number of morpholine rings is 1. The average molecular weight is 400 g/mol. The minimum atomic E-state index is 0.0237. The summed E-state index contributed by atoms with van der Waals surface area (Å²) in [7, 11) is 0. The van der Waals surface area contributed by atoms with Gasteiger partial charge in [-0.15, -0.1) is 6.42 Å². The standard InChI is InChI=1S/C24H37N3O2/c1-5-9-22(12-8-7-11-21(3)28)25-24(4)13-15-26(16-14-24)23(10-6-2)27-17-19-29-20-18-27/h1,7-10,25H,6,11-20H2,2-4H3/b8-7-,22-9+,23-10+. The smallest absolute Gasteiger partial charge is 0.133 e. The molecule has 2 heterocycles. The van der Waals surface area contributed by atoms with Crippen molar-refractivity contribution in [3.63, 3.8) is 0 Å². The lowest BCUT2D eigenvalue weighted by molar-refractivity contribution is -0.116. The summed E-state index contributed by atoms with van der Waals surface area (Å²) in [4.78, 5) is 16.1. The number of rotatable bonds is 9. The van der Waals surface area contributed by atoms with Crippen LogP contribution in [0.1, 0.15) is 52.9 Å². The van der Waals surface area contributed by atoms with Crippen molar-refractivity contribution < 1.29 is 9.53 Å². The fraction of sp³-hybridized carbons (Fsp3) is 0.625. The number of allylic oxidation sites excluding steroid dienone is 4. The Bertz CT molecular complexity index is 658. The highest BCUT2D eigenvalue weighted by molar-refractivity contribution is 5.76. The SMILES string of the molecule is C#C/C=C(\C/C=C\CC(C)=O)NC1(C)CCN(/C(=C\CC)N2CCOCC2)CC1. The molecule has 0 aromatic rings. The second kappa shape index (κ2) is 11.7. The van der Waals surface area contributed by atoms with Crippen LogP contribution in [0.25, 0.3) is 0 Å². The zero-order valence-corrected chi connectivity index (χ0v) is 18.4. The number of likely N-dealkylation sites (tertiary alicyclic amines) is 1. The number of nitrogens with zero attached hydrogens (tertiary/aromatic N) is 2. The molecule has 0 amide bonds. The van der Waals surface area contributed by atoms with E-state index in [-0.39, 0.29) is 11.3 Å². The van der Waals surface area contributed by atoms with E-state index >= 15 is 0 Å². The highest BCUT2D eigenvalue weighted by atomic mass is 16.5. The first-order chi connectivity index (χ1) is 14.0. The first-order valence-electron chi connectivity index (χ1n) is 10.8. The first kappa shape index (κ1) is 23.1. The van der Waals surface area contributed by atoms with Crippen molar-refractivity contribution in [2.75, 3.05) is 39.4 Å². The lowest BCUT2D eigenvalue weighted by Gasteiger charge is -2.45. The van der Waals surface area contributed by atoms with Gasteiger partial charge in [0.25, 0.3) is 0 Å². The van der Waals surface area contributed by atoms with Crippen LogP contribution in [0.4, 0.5) is 0 Å². The van der Waals surface area contributed by atoms with E-state index in [1.54, 1.807) is 6.92 Å². The zero-order valence-electron chi connectivity index (χ0n) is 18.4. The fourth-order valence-corrected chi connectivity index (χ4v) is 3.88. The molecular formula is C24H37N3O2. The molecule has 0 aliphatic carbocycles. The number of ketones is 1. The maximum absolute atomic E-state index is 11.1. The Balaban J connectivity index is 1.94. The van der Waals surface area contributed by atoms with Crippen LogP contribution >= 0.6 is 0 Å². The topological polar surface area (TPSA) is 44.8 Å². The molecule has 2 rings (SSSR count). The van der Waals surface area contributed by atoms with Crippen LogP contribution in [0.15, 0.2) is 35.8 Å². The van der Waals surface area contributed by atoms with Crippen LogP contribution in [0.5, 0.6) is 0 Å². The lowest BCUT2D eigenvalue weighted by atomic mass is 9.89. The van der Waals surface area contributed by atoms with Crippen LogP contribution in [0.3, 0.4) is 0 Å². The summed E-state index contributed by atoms with van der Waals surface area (Å²) < 4.78 is 5.52. The van der Waals surface area contributed by atoms with Gasteiger partial charge >= 0.3 is 0 Å². The molecule has 2 saturated heterocycles. The fourth-order valence-electron chi connectivity index (χ4n) is 3.88. The summed E-state index contributed by atoms with van der Waals surface area (Å²) in [6.07, 6.45) is 18.0. The molecule has 0 saturated carbocycles. The van der Waals surface area contributed by atoms with Crippen LogP contribution in [0, 0.1) is 12.3 Å². The molecule has 1 N–H and O–H groups in total. The summed E-state index contributed by atoms with van der Waals surface area (Å²) in [6, 6.07) is 0. The molecule has 0 radical (unpaired) electrons. The van der Waals surface area contributed by atoms with E-state index in [0.717, 1.165) is 70.8 Å². The molecule has 5 heteroatoms. The van der Waals surface area contributed by atoms with E-state index in [1.807, 2.05) is 18.2 Å². The largest absolute Gasteiger partial charge is 0.382 e. The van der Waals surface area contributed by atoms with Gasteiger partial charge in [0.05, 0.1) is 19.0 Å². The van der Waals surface area contributed by atoms with Gasteiger partial charge in [-0.2, -0.15) is 0 Å². The lowest BCUT2D eigenvalue weighted by Crippen LogP contribution is -2.52. The predicted octanol–water partition coefficient (Wildman–Crippen LogP) is 3.46. The molecule has 0 bridgehead atoms. The first-order valence-corrected chi connectivity index (χ1v) is 10.8. The molecule has 0 atom stereocenters. The Hall–Kier alpha value is -2.19. The monoisotopic (exact) mass is 399 g/mol. The molecule has 0 aromatic carbocycles. The van der Waals surface area contributed by atoms with Crippen LogP contribution in [-0.2, 0) is 9.53 Å². The number of Topliss-reactive ketones (excluding diaryl/α,β-unsaturated/α-hetero) is 1. The summed E-state index contributed by atoms with van der Waals surface area (Å²) in [5.74, 6) is 4.19. The molecular weight excluding hydrogens is 362 g/mol. The maximum atomic E-state index is 11.1. The van der Waals surface area contributed by atoms with Gasteiger partial charge in [-0.3, -0.25) is 4.79 Å². The number of ether oxygens (including phenoxy) is 1. The number of carbonyl (C=O) groups excluding carboxylic acids is 1. The minimum absolute atomic E-state index is 0.0237. The normalized spacial score (nSPS) is 20.6. The van der Waals surface area contributed by atoms with Gasteiger partial charge in [0.2, 0.25) is 0 Å². The number of terminal acetylenes is 1. The van der Waals surface area contributed by atoms with Gasteiger partial charge in [-0.05, 0) is 39.2 Å². The Morgan fingerprint density at radius 1 is 1.14 bits per heavy atom. The molecule has 5 nitrogen and oxygen atoms in total. The quantitative estimate of drug-likeness (QED) is 0.475. The highest BCUT2D eigenvalue weighted by Crippen LogP contribution is 2.27. The van der Waals surface area contributed by atoms with Crippen molar-refractivity contribution in [3.8, 4) is 12.3 Å². The Morgan fingerprint density at radius 3 is 2.34 bits per heavy atom. The molecule has 0 aromatic heterocycles. The summed E-state index contributed by atoms with van der Waals surface area (Å²) in [5.41, 5.74) is 1.07. The van der Waals surface area contributed by atoms with Crippen LogP contribution in [-0.4, -0.2) is 60.5 Å². The number of piperidine rings is 1.